The molecule has 0 spiro atoms. The molecule has 1 fully saturated rings. The summed E-state index contributed by atoms with van der Waals surface area (Å²) in [4.78, 5) is 24.9. The maximum absolute atomic E-state index is 11.7. The summed E-state index contributed by atoms with van der Waals surface area (Å²) in [6.45, 7) is 0. The van der Waals surface area contributed by atoms with E-state index in [0.29, 0.717) is 23.7 Å². The minimum Gasteiger partial charge on any atom is -0.348 e. The Hall–Kier alpha value is -1.58. The average Bonchev–Trinajstić information content (AvgIpc) is 2.86. The van der Waals surface area contributed by atoms with Gasteiger partial charge in [-0.1, -0.05) is 12.8 Å². The molecular formula is C11H14N2O2. The molecule has 1 amide bonds. The van der Waals surface area contributed by atoms with Crippen LogP contribution in [0.2, 0.25) is 0 Å². The van der Waals surface area contributed by atoms with Gasteiger partial charge in [0.05, 0.1) is 5.69 Å². The standard InChI is InChI=1S/C11H14N2O2/c14-7-9-5-6-10(12-9)11(15)13-8-3-1-2-4-8/h5-8,12H,1-4H2,(H,13,15). The molecule has 1 saturated carbocycles. The lowest BCUT2D eigenvalue weighted by molar-refractivity contribution is 0.0933. The van der Waals surface area contributed by atoms with E-state index in [-0.39, 0.29) is 5.91 Å². The first kappa shape index (κ1) is 9.96. The molecule has 15 heavy (non-hydrogen) atoms. The van der Waals surface area contributed by atoms with Crippen LogP contribution in [0.5, 0.6) is 0 Å². The zero-order valence-electron chi connectivity index (χ0n) is 8.45. The Bertz CT molecular complexity index is 364. The van der Waals surface area contributed by atoms with E-state index in [2.05, 4.69) is 10.3 Å². The van der Waals surface area contributed by atoms with Crippen molar-refractivity contribution in [1.82, 2.24) is 10.3 Å². The number of carbonyl (C=O) groups excluding carboxylic acids is 2. The molecule has 1 aliphatic rings. The smallest absolute Gasteiger partial charge is 0.267 e. The minimum absolute atomic E-state index is 0.116. The Morgan fingerprint density at radius 1 is 1.40 bits per heavy atom. The molecule has 2 rings (SSSR count). The summed E-state index contributed by atoms with van der Waals surface area (Å²) >= 11 is 0. The highest BCUT2D eigenvalue weighted by atomic mass is 16.2. The third-order valence-corrected chi connectivity index (χ3v) is 2.77. The second-order valence-electron chi connectivity index (χ2n) is 3.90. The van der Waals surface area contributed by atoms with E-state index in [1.807, 2.05) is 0 Å². The van der Waals surface area contributed by atoms with Crippen molar-refractivity contribution in [3.63, 3.8) is 0 Å². The van der Waals surface area contributed by atoms with Gasteiger partial charge < -0.3 is 10.3 Å². The highest BCUT2D eigenvalue weighted by Crippen LogP contribution is 2.17. The van der Waals surface area contributed by atoms with Crippen molar-refractivity contribution >= 4 is 12.2 Å². The molecule has 4 nitrogen and oxygen atoms in total. The number of aromatic amines is 1. The third kappa shape index (κ3) is 2.26. The molecule has 2 N–H and O–H groups in total. The fourth-order valence-electron chi connectivity index (χ4n) is 1.95. The summed E-state index contributed by atoms with van der Waals surface area (Å²) in [7, 11) is 0. The van der Waals surface area contributed by atoms with Gasteiger partial charge in [0.2, 0.25) is 0 Å². The Kier molecular flexibility index (Phi) is 2.85. The second kappa shape index (κ2) is 4.29. The summed E-state index contributed by atoms with van der Waals surface area (Å²) in [5.74, 6) is -0.116. The first-order valence-corrected chi connectivity index (χ1v) is 5.24. The van der Waals surface area contributed by atoms with Crippen LogP contribution in [0.3, 0.4) is 0 Å². The van der Waals surface area contributed by atoms with Gasteiger partial charge in [0.25, 0.3) is 5.91 Å². The second-order valence-corrected chi connectivity index (χ2v) is 3.90. The quantitative estimate of drug-likeness (QED) is 0.736. The lowest BCUT2D eigenvalue weighted by Crippen LogP contribution is -2.32. The van der Waals surface area contributed by atoms with Crippen LogP contribution in [0.1, 0.15) is 46.7 Å². The largest absolute Gasteiger partial charge is 0.348 e. The topological polar surface area (TPSA) is 62.0 Å². The first-order valence-electron chi connectivity index (χ1n) is 5.24. The van der Waals surface area contributed by atoms with E-state index in [1.165, 1.54) is 12.8 Å². The van der Waals surface area contributed by atoms with E-state index in [9.17, 15) is 9.59 Å². The van der Waals surface area contributed by atoms with Gasteiger partial charge in [0.15, 0.2) is 6.29 Å². The summed E-state index contributed by atoms with van der Waals surface area (Å²) in [6, 6.07) is 3.55. The fourth-order valence-corrected chi connectivity index (χ4v) is 1.95. The van der Waals surface area contributed by atoms with Crippen LogP contribution in [0.25, 0.3) is 0 Å². The van der Waals surface area contributed by atoms with Crippen LogP contribution in [0, 0.1) is 0 Å². The summed E-state index contributed by atoms with van der Waals surface area (Å²) in [6.07, 6.45) is 5.21. The molecule has 0 saturated heterocycles. The zero-order chi connectivity index (χ0) is 10.7. The molecule has 1 aliphatic carbocycles. The van der Waals surface area contributed by atoms with Crippen LogP contribution in [-0.2, 0) is 0 Å². The summed E-state index contributed by atoms with van der Waals surface area (Å²) in [5.41, 5.74) is 0.899. The number of amides is 1. The van der Waals surface area contributed by atoms with Gasteiger partial charge in [0, 0.05) is 6.04 Å². The molecular weight excluding hydrogens is 192 g/mol. The van der Waals surface area contributed by atoms with E-state index in [1.54, 1.807) is 12.1 Å². The monoisotopic (exact) mass is 206 g/mol. The van der Waals surface area contributed by atoms with Gasteiger partial charge in [-0.25, -0.2) is 0 Å². The number of carbonyl (C=O) groups is 2. The van der Waals surface area contributed by atoms with Gasteiger partial charge in [-0.05, 0) is 25.0 Å². The number of rotatable bonds is 3. The Balaban J connectivity index is 1.97. The molecule has 0 radical (unpaired) electrons. The van der Waals surface area contributed by atoms with Crippen molar-refractivity contribution in [2.75, 3.05) is 0 Å². The normalized spacial score (nSPS) is 16.5. The van der Waals surface area contributed by atoms with Crippen LogP contribution in [0.4, 0.5) is 0 Å². The van der Waals surface area contributed by atoms with E-state index < -0.39 is 0 Å². The van der Waals surface area contributed by atoms with Crippen molar-refractivity contribution in [2.24, 2.45) is 0 Å². The molecule has 0 atom stereocenters. The van der Waals surface area contributed by atoms with Gasteiger partial charge in [-0.2, -0.15) is 0 Å². The Labute approximate surface area is 88.1 Å². The van der Waals surface area contributed by atoms with Crippen LogP contribution in [-0.4, -0.2) is 23.2 Å². The zero-order valence-corrected chi connectivity index (χ0v) is 8.45. The van der Waals surface area contributed by atoms with Crippen molar-refractivity contribution < 1.29 is 9.59 Å². The molecule has 1 aromatic rings. The van der Waals surface area contributed by atoms with Gasteiger partial charge in [0.1, 0.15) is 5.69 Å². The van der Waals surface area contributed by atoms with Crippen molar-refractivity contribution in [2.45, 2.75) is 31.7 Å². The number of nitrogens with one attached hydrogen (secondary N) is 2. The maximum Gasteiger partial charge on any atom is 0.267 e. The Morgan fingerprint density at radius 2 is 2.13 bits per heavy atom. The first-order chi connectivity index (χ1) is 7.29. The van der Waals surface area contributed by atoms with Crippen LogP contribution >= 0.6 is 0 Å². The molecule has 0 aliphatic heterocycles. The predicted molar refractivity (Wildman–Crippen MR) is 55.9 cm³/mol. The maximum atomic E-state index is 11.7. The molecule has 80 valence electrons. The number of H-pyrrole nitrogens is 1. The van der Waals surface area contributed by atoms with Crippen LogP contribution in [0.15, 0.2) is 12.1 Å². The van der Waals surface area contributed by atoms with Crippen LogP contribution < -0.4 is 5.32 Å². The molecule has 1 heterocycles. The summed E-state index contributed by atoms with van der Waals surface area (Å²) < 4.78 is 0. The number of aromatic nitrogens is 1. The average molecular weight is 206 g/mol. The molecule has 1 aromatic heterocycles. The molecule has 4 heteroatoms. The number of aldehydes is 1. The number of hydrogen-bond donors (Lipinski definition) is 2. The van der Waals surface area contributed by atoms with Crippen molar-refractivity contribution in [3.05, 3.63) is 23.5 Å². The van der Waals surface area contributed by atoms with Gasteiger partial charge in [-0.3, -0.25) is 9.59 Å². The SMILES string of the molecule is O=Cc1ccc(C(=O)NC2CCCC2)[nH]1. The number of hydrogen-bond acceptors (Lipinski definition) is 2. The van der Waals surface area contributed by atoms with Crippen molar-refractivity contribution in [1.29, 1.82) is 0 Å². The third-order valence-electron chi connectivity index (χ3n) is 2.77. The molecule has 0 unspecified atom stereocenters. The van der Waals surface area contributed by atoms with Gasteiger partial charge >= 0.3 is 0 Å². The van der Waals surface area contributed by atoms with Gasteiger partial charge in [-0.15, -0.1) is 0 Å². The predicted octanol–water partition coefficient (Wildman–Crippen LogP) is 1.50. The van der Waals surface area contributed by atoms with Crippen molar-refractivity contribution in [3.8, 4) is 0 Å². The minimum atomic E-state index is -0.116. The fraction of sp³-hybridized carbons (Fsp3) is 0.455. The lowest BCUT2D eigenvalue weighted by atomic mass is 10.2. The highest BCUT2D eigenvalue weighted by molar-refractivity contribution is 5.93. The lowest BCUT2D eigenvalue weighted by Gasteiger charge is -2.10. The molecule has 0 bridgehead atoms. The van der Waals surface area contributed by atoms with E-state index in [0.717, 1.165) is 12.8 Å². The van der Waals surface area contributed by atoms with E-state index >= 15 is 0 Å². The molecule has 0 aromatic carbocycles. The summed E-state index contributed by atoms with van der Waals surface area (Å²) in [5, 5.41) is 2.95. The van der Waals surface area contributed by atoms with E-state index in [4.69, 9.17) is 0 Å². The Morgan fingerprint density at radius 3 is 2.73 bits per heavy atom. The highest BCUT2D eigenvalue weighted by Gasteiger charge is 2.18.